The maximum atomic E-state index is 12.3. The average Bonchev–Trinajstić information content (AvgIpc) is 2.54. The Morgan fingerprint density at radius 2 is 1.73 bits per heavy atom. The van der Waals surface area contributed by atoms with Crippen molar-refractivity contribution in [2.45, 2.75) is 0 Å². The predicted octanol–water partition coefficient (Wildman–Crippen LogP) is 1.90. The number of ether oxygens (including phenoxy) is 3. The maximum Gasteiger partial charge on any atom is 0.200 e. The van der Waals surface area contributed by atoms with Crippen molar-refractivity contribution in [1.82, 2.24) is 0 Å². The largest absolute Gasteiger partial charge is 0.497 e. The fraction of sp³-hybridized carbons (Fsp3) is 0.438. The summed E-state index contributed by atoms with van der Waals surface area (Å²) in [5, 5.41) is 0.531. The Bertz CT molecular complexity index is 659. The Labute approximate surface area is 129 Å². The molecule has 0 atom stereocenters. The number of rotatable bonds is 8. The lowest BCUT2D eigenvalue weighted by molar-refractivity contribution is 0.188. The highest BCUT2D eigenvalue weighted by molar-refractivity contribution is 5.79. The van der Waals surface area contributed by atoms with E-state index in [0.29, 0.717) is 48.9 Å². The minimum Gasteiger partial charge on any atom is -0.497 e. The second kappa shape index (κ2) is 7.82. The summed E-state index contributed by atoms with van der Waals surface area (Å²) in [7, 11) is 4.85. The standard InChI is InChI=1S/C16H21NO5/c1-19-8-6-17(7-9-20-2)16-11-14(18)13-5-4-12(21-3)10-15(13)22-16/h4-5,10-11H,6-9H2,1-3H3. The van der Waals surface area contributed by atoms with Crippen molar-refractivity contribution < 1.29 is 18.6 Å². The molecule has 1 aromatic carbocycles. The number of hydrogen-bond donors (Lipinski definition) is 0. The molecule has 1 heterocycles. The Kier molecular flexibility index (Phi) is 5.80. The maximum absolute atomic E-state index is 12.3. The van der Waals surface area contributed by atoms with Crippen LogP contribution in [0, 0.1) is 0 Å². The van der Waals surface area contributed by atoms with E-state index in [1.807, 2.05) is 4.90 Å². The fourth-order valence-electron chi connectivity index (χ4n) is 2.14. The Hall–Kier alpha value is -2.05. The molecule has 0 N–H and O–H groups in total. The first-order valence-corrected chi connectivity index (χ1v) is 7.04. The molecule has 0 bridgehead atoms. The van der Waals surface area contributed by atoms with Gasteiger partial charge in [-0.15, -0.1) is 0 Å². The molecule has 120 valence electrons. The molecule has 0 aliphatic rings. The Morgan fingerprint density at radius 3 is 2.32 bits per heavy atom. The fourth-order valence-corrected chi connectivity index (χ4v) is 2.14. The molecule has 6 nitrogen and oxygen atoms in total. The number of fused-ring (bicyclic) bond motifs is 1. The van der Waals surface area contributed by atoms with Crippen LogP contribution in [-0.2, 0) is 9.47 Å². The van der Waals surface area contributed by atoms with Crippen molar-refractivity contribution in [3.63, 3.8) is 0 Å². The molecule has 22 heavy (non-hydrogen) atoms. The van der Waals surface area contributed by atoms with Crippen LogP contribution in [0.15, 0.2) is 33.5 Å². The molecule has 0 unspecified atom stereocenters. The number of anilines is 1. The first kappa shape index (κ1) is 16.3. The summed E-state index contributed by atoms with van der Waals surface area (Å²) in [6.45, 7) is 2.28. The van der Waals surface area contributed by atoms with Gasteiger partial charge in [-0.2, -0.15) is 0 Å². The molecule has 0 aliphatic carbocycles. The van der Waals surface area contributed by atoms with Gasteiger partial charge in [0.15, 0.2) is 11.3 Å². The van der Waals surface area contributed by atoms with Crippen molar-refractivity contribution in [2.24, 2.45) is 0 Å². The summed E-state index contributed by atoms with van der Waals surface area (Å²) < 4.78 is 21.3. The van der Waals surface area contributed by atoms with Crippen LogP contribution in [0.3, 0.4) is 0 Å². The van der Waals surface area contributed by atoms with E-state index in [4.69, 9.17) is 18.6 Å². The molecular formula is C16H21NO5. The lowest BCUT2D eigenvalue weighted by atomic mass is 10.2. The van der Waals surface area contributed by atoms with E-state index in [9.17, 15) is 4.79 Å². The van der Waals surface area contributed by atoms with Crippen molar-refractivity contribution >= 4 is 16.9 Å². The van der Waals surface area contributed by atoms with Gasteiger partial charge in [-0.3, -0.25) is 4.79 Å². The van der Waals surface area contributed by atoms with Gasteiger partial charge in [0, 0.05) is 39.4 Å². The van der Waals surface area contributed by atoms with E-state index in [0.717, 1.165) is 0 Å². The highest BCUT2D eigenvalue weighted by atomic mass is 16.5. The summed E-state index contributed by atoms with van der Waals surface area (Å²) >= 11 is 0. The molecular weight excluding hydrogens is 286 g/mol. The second-order valence-corrected chi connectivity index (χ2v) is 4.78. The normalized spacial score (nSPS) is 10.9. The summed E-state index contributed by atoms with van der Waals surface area (Å²) in [6.07, 6.45) is 0. The average molecular weight is 307 g/mol. The summed E-state index contributed by atoms with van der Waals surface area (Å²) in [5.41, 5.74) is 0.417. The van der Waals surface area contributed by atoms with Gasteiger partial charge >= 0.3 is 0 Å². The minimum absolute atomic E-state index is 0.0845. The van der Waals surface area contributed by atoms with Gasteiger partial charge in [0.2, 0.25) is 0 Å². The Balaban J connectivity index is 2.40. The van der Waals surface area contributed by atoms with Crippen LogP contribution in [-0.4, -0.2) is 47.6 Å². The van der Waals surface area contributed by atoms with E-state index in [-0.39, 0.29) is 5.43 Å². The van der Waals surface area contributed by atoms with Crippen LogP contribution < -0.4 is 15.1 Å². The molecule has 0 amide bonds. The molecule has 1 aromatic heterocycles. The number of nitrogens with zero attached hydrogens (tertiary/aromatic N) is 1. The summed E-state index contributed by atoms with van der Waals surface area (Å²) in [5.74, 6) is 1.15. The SMILES string of the molecule is COCCN(CCOC)c1cc(=O)c2ccc(OC)cc2o1. The zero-order chi connectivity index (χ0) is 15.9. The molecule has 0 saturated heterocycles. The zero-order valence-corrected chi connectivity index (χ0v) is 13.1. The van der Waals surface area contributed by atoms with Gasteiger partial charge < -0.3 is 23.5 Å². The van der Waals surface area contributed by atoms with Gasteiger partial charge in [0.25, 0.3) is 0 Å². The van der Waals surface area contributed by atoms with Crippen LogP contribution in [0.25, 0.3) is 11.0 Å². The lowest BCUT2D eigenvalue weighted by Crippen LogP contribution is -2.31. The predicted molar refractivity (Wildman–Crippen MR) is 85.0 cm³/mol. The highest BCUT2D eigenvalue weighted by Gasteiger charge is 2.12. The minimum atomic E-state index is -0.0845. The van der Waals surface area contributed by atoms with Crippen molar-refractivity contribution in [2.75, 3.05) is 52.5 Å². The third-order valence-corrected chi connectivity index (χ3v) is 3.37. The van der Waals surface area contributed by atoms with Crippen LogP contribution in [0.4, 0.5) is 5.88 Å². The second-order valence-electron chi connectivity index (χ2n) is 4.78. The molecule has 6 heteroatoms. The summed E-state index contributed by atoms with van der Waals surface area (Å²) in [6, 6.07) is 6.66. The van der Waals surface area contributed by atoms with Crippen LogP contribution >= 0.6 is 0 Å². The van der Waals surface area contributed by atoms with Crippen molar-refractivity contribution in [3.05, 3.63) is 34.5 Å². The number of hydrogen-bond acceptors (Lipinski definition) is 6. The third kappa shape index (κ3) is 3.78. The molecule has 0 radical (unpaired) electrons. The van der Waals surface area contributed by atoms with E-state index in [2.05, 4.69) is 0 Å². The van der Waals surface area contributed by atoms with Crippen molar-refractivity contribution in [1.29, 1.82) is 0 Å². The zero-order valence-electron chi connectivity index (χ0n) is 13.1. The molecule has 0 spiro atoms. The first-order valence-electron chi connectivity index (χ1n) is 7.04. The van der Waals surface area contributed by atoms with Crippen LogP contribution in [0.1, 0.15) is 0 Å². The van der Waals surface area contributed by atoms with E-state index in [1.165, 1.54) is 6.07 Å². The smallest absolute Gasteiger partial charge is 0.200 e. The van der Waals surface area contributed by atoms with E-state index in [1.54, 1.807) is 39.5 Å². The lowest BCUT2D eigenvalue weighted by Gasteiger charge is -2.22. The van der Waals surface area contributed by atoms with Crippen molar-refractivity contribution in [3.8, 4) is 5.75 Å². The van der Waals surface area contributed by atoms with Gasteiger partial charge in [0.05, 0.1) is 25.7 Å². The van der Waals surface area contributed by atoms with E-state index >= 15 is 0 Å². The first-order chi connectivity index (χ1) is 10.7. The topological polar surface area (TPSA) is 61.1 Å². The monoisotopic (exact) mass is 307 g/mol. The number of methoxy groups -OCH3 is 3. The van der Waals surface area contributed by atoms with Gasteiger partial charge in [0.1, 0.15) is 11.3 Å². The highest BCUT2D eigenvalue weighted by Crippen LogP contribution is 2.23. The van der Waals surface area contributed by atoms with Gasteiger partial charge in [-0.05, 0) is 12.1 Å². The summed E-state index contributed by atoms with van der Waals surface area (Å²) in [4.78, 5) is 14.2. The number of benzene rings is 1. The van der Waals surface area contributed by atoms with Gasteiger partial charge in [-0.1, -0.05) is 0 Å². The van der Waals surface area contributed by atoms with Crippen LogP contribution in [0.2, 0.25) is 0 Å². The molecule has 0 fully saturated rings. The Morgan fingerprint density at radius 1 is 1.05 bits per heavy atom. The van der Waals surface area contributed by atoms with Gasteiger partial charge in [-0.25, -0.2) is 0 Å². The third-order valence-electron chi connectivity index (χ3n) is 3.37. The quantitative estimate of drug-likeness (QED) is 0.742. The van der Waals surface area contributed by atoms with Crippen LogP contribution in [0.5, 0.6) is 5.75 Å². The molecule has 0 saturated carbocycles. The molecule has 2 rings (SSSR count). The molecule has 0 aliphatic heterocycles. The van der Waals surface area contributed by atoms with E-state index < -0.39 is 0 Å². The molecule has 2 aromatic rings.